The molecule has 0 aromatic rings. The first-order valence-corrected chi connectivity index (χ1v) is 4.72. The number of esters is 2. The summed E-state index contributed by atoms with van der Waals surface area (Å²) in [6.45, 7) is 0. The Balaban J connectivity index is -0.000000720. The second-order valence-corrected chi connectivity index (χ2v) is 6.23. The topological polar surface area (TPSA) is 43.4 Å². The molecule has 0 heterocycles. The summed E-state index contributed by atoms with van der Waals surface area (Å²) in [4.78, 5) is 21.4. The van der Waals surface area contributed by atoms with Crippen LogP contribution in [0.4, 0.5) is 0 Å². The first-order valence-electron chi connectivity index (χ1n) is 2.45. The molecule has 80 valence electrons. The molecule has 0 aromatic heterocycles. The molecule has 11 heteroatoms. The Bertz CT molecular complexity index is 210. The van der Waals surface area contributed by atoms with Gasteiger partial charge in [-0.05, 0) is 0 Å². The van der Waals surface area contributed by atoms with Crippen LogP contribution in [0.5, 0.6) is 0 Å². The van der Waals surface area contributed by atoms with E-state index in [1.165, 1.54) is 0 Å². The Morgan fingerprint density at radius 1 is 0.733 bits per heavy atom. The van der Waals surface area contributed by atoms with E-state index in [1.807, 2.05) is 0 Å². The molecule has 0 saturated carbocycles. The molecule has 0 fully saturated rings. The zero-order valence-corrected chi connectivity index (χ0v) is 10.0. The van der Waals surface area contributed by atoms with Crippen LogP contribution in [0.3, 0.4) is 0 Å². The van der Waals surface area contributed by atoms with Crippen molar-refractivity contribution in [1.82, 2.24) is 0 Å². The molecule has 0 bridgehead atoms. The standard InChI is InChI=1S/C4Cl6O3.2Na.2H/c5-3(6,7)1(11)13-2(12)4(8,9)10;;;;. The van der Waals surface area contributed by atoms with Crippen LogP contribution >= 0.6 is 69.6 Å². The SMILES string of the molecule is O=C(OC(=O)C(Cl)(Cl)Cl)C(Cl)(Cl)Cl.[NaH].[NaH]. The fourth-order valence-electron chi connectivity index (χ4n) is 0.200. The molecular weight excluding hydrogens is 355 g/mol. The first-order chi connectivity index (χ1) is 5.55. The van der Waals surface area contributed by atoms with Crippen molar-refractivity contribution >= 4 is 141 Å². The van der Waals surface area contributed by atoms with Crippen molar-refractivity contribution < 1.29 is 14.3 Å². The number of carbonyl (C=O) groups excluding carboxylic acids is 2. The summed E-state index contributed by atoms with van der Waals surface area (Å²) < 4.78 is -0.857. The summed E-state index contributed by atoms with van der Waals surface area (Å²) >= 11 is 30.3. The molecule has 0 rings (SSSR count). The van der Waals surface area contributed by atoms with E-state index in [0.29, 0.717) is 0 Å². The van der Waals surface area contributed by atoms with Gasteiger partial charge in [-0.1, -0.05) is 69.6 Å². The molecule has 0 aliphatic carbocycles. The van der Waals surface area contributed by atoms with Crippen LogP contribution in [0, 0.1) is 0 Å². The van der Waals surface area contributed by atoms with Crippen LogP contribution in [0.1, 0.15) is 0 Å². The Kier molecular flexibility index (Phi) is 13.6. The molecule has 0 atom stereocenters. The van der Waals surface area contributed by atoms with Crippen molar-refractivity contribution in [3.8, 4) is 0 Å². The molecule has 0 spiro atoms. The summed E-state index contributed by atoms with van der Waals surface area (Å²) in [5.74, 6) is -2.87. The van der Waals surface area contributed by atoms with Crippen LogP contribution in [-0.2, 0) is 14.3 Å². The fraction of sp³-hybridized carbons (Fsp3) is 0.500. The van der Waals surface area contributed by atoms with Crippen molar-refractivity contribution in [3.63, 3.8) is 0 Å². The molecular formula is C4H2Cl6Na2O3. The summed E-state index contributed by atoms with van der Waals surface area (Å²) in [6, 6.07) is 0. The predicted octanol–water partition coefficient (Wildman–Crippen LogP) is 1.50. The van der Waals surface area contributed by atoms with E-state index in [-0.39, 0.29) is 59.1 Å². The van der Waals surface area contributed by atoms with Crippen molar-refractivity contribution in [3.05, 3.63) is 0 Å². The van der Waals surface area contributed by atoms with Gasteiger partial charge in [0.25, 0.3) is 7.59 Å². The zero-order chi connectivity index (χ0) is 10.9. The minimum atomic E-state index is -2.38. The molecule has 3 nitrogen and oxygen atoms in total. The fourth-order valence-corrected chi connectivity index (χ4v) is 0.431. The van der Waals surface area contributed by atoms with Gasteiger partial charge < -0.3 is 4.74 Å². The molecule has 0 N–H and O–H groups in total. The molecule has 0 radical (unpaired) electrons. The Labute approximate surface area is 160 Å². The van der Waals surface area contributed by atoms with Crippen LogP contribution in [0.2, 0.25) is 0 Å². The first kappa shape index (κ1) is 23.0. The summed E-state index contributed by atoms with van der Waals surface area (Å²) in [5, 5.41) is 0. The maximum atomic E-state index is 10.7. The van der Waals surface area contributed by atoms with Crippen LogP contribution in [-0.4, -0.2) is 78.6 Å². The molecule has 0 aromatic carbocycles. The van der Waals surface area contributed by atoms with Crippen LogP contribution in [0.25, 0.3) is 0 Å². The Morgan fingerprint density at radius 3 is 1.07 bits per heavy atom. The number of alkyl halides is 6. The van der Waals surface area contributed by atoms with Crippen molar-refractivity contribution in [1.29, 1.82) is 0 Å². The molecule has 0 amide bonds. The van der Waals surface area contributed by atoms with Crippen molar-refractivity contribution in [2.24, 2.45) is 0 Å². The van der Waals surface area contributed by atoms with E-state index in [9.17, 15) is 9.59 Å². The molecule has 0 aliphatic rings. The maximum absolute atomic E-state index is 10.7. The summed E-state index contributed by atoms with van der Waals surface area (Å²) in [6.07, 6.45) is 0. The van der Waals surface area contributed by atoms with Gasteiger partial charge in [0.05, 0.1) is 0 Å². The third kappa shape index (κ3) is 10.5. The average molecular weight is 357 g/mol. The van der Waals surface area contributed by atoms with Crippen molar-refractivity contribution in [2.75, 3.05) is 0 Å². The predicted molar refractivity (Wildman–Crippen MR) is 66.0 cm³/mol. The second-order valence-electron chi connectivity index (χ2n) is 1.67. The number of hydrogen-bond donors (Lipinski definition) is 0. The number of halogens is 6. The van der Waals surface area contributed by atoms with E-state index in [2.05, 4.69) is 4.74 Å². The van der Waals surface area contributed by atoms with E-state index in [0.717, 1.165) is 0 Å². The van der Waals surface area contributed by atoms with Crippen LogP contribution in [0.15, 0.2) is 0 Å². The van der Waals surface area contributed by atoms with Gasteiger partial charge in [0.1, 0.15) is 0 Å². The van der Waals surface area contributed by atoms with E-state index < -0.39 is 19.5 Å². The normalized spacial score (nSPS) is 10.8. The Morgan fingerprint density at radius 2 is 0.933 bits per heavy atom. The third-order valence-corrected chi connectivity index (χ3v) is 1.57. The van der Waals surface area contributed by atoms with E-state index in [4.69, 9.17) is 69.6 Å². The van der Waals surface area contributed by atoms with E-state index in [1.54, 1.807) is 0 Å². The average Bonchev–Trinajstić information content (AvgIpc) is 1.82. The number of carbonyl (C=O) groups is 2. The number of ether oxygens (including phenoxy) is 1. The van der Waals surface area contributed by atoms with Gasteiger partial charge in [0.2, 0.25) is 0 Å². The summed E-state index contributed by atoms with van der Waals surface area (Å²) in [7, 11) is 0. The quantitative estimate of drug-likeness (QED) is 0.286. The van der Waals surface area contributed by atoms with Gasteiger partial charge >= 0.3 is 71.1 Å². The molecule has 15 heavy (non-hydrogen) atoms. The minimum absolute atomic E-state index is 0. The van der Waals surface area contributed by atoms with Gasteiger partial charge in [-0.25, -0.2) is 9.59 Å². The summed E-state index contributed by atoms with van der Waals surface area (Å²) in [5.41, 5.74) is 0. The molecule has 0 unspecified atom stereocenters. The second kappa shape index (κ2) is 8.89. The van der Waals surface area contributed by atoms with Crippen LogP contribution < -0.4 is 0 Å². The van der Waals surface area contributed by atoms with Gasteiger partial charge in [0.15, 0.2) is 0 Å². The Hall–Kier alpha value is 2.88. The van der Waals surface area contributed by atoms with Gasteiger partial charge in [-0.15, -0.1) is 0 Å². The monoisotopic (exact) mass is 354 g/mol. The molecule has 0 saturated heterocycles. The third-order valence-electron chi connectivity index (χ3n) is 0.648. The van der Waals surface area contributed by atoms with Gasteiger partial charge in [0, 0.05) is 0 Å². The number of rotatable bonds is 0. The number of hydrogen-bond acceptors (Lipinski definition) is 3. The van der Waals surface area contributed by atoms with Gasteiger partial charge in [-0.2, -0.15) is 0 Å². The van der Waals surface area contributed by atoms with Crippen molar-refractivity contribution in [2.45, 2.75) is 7.59 Å². The van der Waals surface area contributed by atoms with Gasteiger partial charge in [-0.3, -0.25) is 0 Å². The van der Waals surface area contributed by atoms with E-state index >= 15 is 0 Å². The molecule has 0 aliphatic heterocycles. The zero-order valence-electron chi connectivity index (χ0n) is 5.49.